The van der Waals surface area contributed by atoms with E-state index in [0.29, 0.717) is 24.6 Å². The highest BCUT2D eigenvalue weighted by atomic mass is 32.1. The third-order valence-corrected chi connectivity index (χ3v) is 7.85. The fourth-order valence-electron chi connectivity index (χ4n) is 4.59. The summed E-state index contributed by atoms with van der Waals surface area (Å²) in [4.78, 5) is 31.8. The Hall–Kier alpha value is -3.12. The maximum absolute atomic E-state index is 13.7. The van der Waals surface area contributed by atoms with Crippen LogP contribution in [0.2, 0.25) is 0 Å². The van der Waals surface area contributed by atoms with Gasteiger partial charge in [-0.3, -0.25) is 9.59 Å². The number of fused-ring (bicyclic) bond motifs is 1. The third-order valence-electron chi connectivity index (χ3n) is 6.86. The molecule has 0 saturated carbocycles. The lowest BCUT2D eigenvalue weighted by molar-refractivity contribution is -0.136. The summed E-state index contributed by atoms with van der Waals surface area (Å²) in [6.07, 6.45) is 0.825. The Morgan fingerprint density at radius 1 is 1.03 bits per heavy atom. The van der Waals surface area contributed by atoms with E-state index in [1.165, 1.54) is 10.4 Å². The van der Waals surface area contributed by atoms with Crippen LogP contribution in [0.3, 0.4) is 0 Å². The second kappa shape index (κ2) is 11.3. The first-order chi connectivity index (χ1) is 17.2. The quantitative estimate of drug-likeness (QED) is 0.365. The van der Waals surface area contributed by atoms with Gasteiger partial charge in [0.1, 0.15) is 18.9 Å². The molecule has 2 heterocycles. The van der Waals surface area contributed by atoms with E-state index in [9.17, 15) is 9.59 Å². The van der Waals surface area contributed by atoms with Gasteiger partial charge >= 0.3 is 0 Å². The van der Waals surface area contributed by atoms with E-state index in [2.05, 4.69) is 37.4 Å². The Morgan fingerprint density at radius 2 is 1.72 bits per heavy atom. The lowest BCUT2D eigenvalue weighted by Crippen LogP contribution is -2.49. The standard InChI is InChI=1S/C30H36N2O3S/c1-20(2)23-10-12-25(13-11-23)35-19-27-26-15-17-36-28(26)14-16-31(27)29(33)18-32(21(3)4)30(34)24-8-6-22(5)7-9-24/h6-13,15,17,20-21,27H,14,16,18-19H2,1-5H3/t27-/m1/s1. The van der Waals surface area contributed by atoms with E-state index in [0.717, 1.165) is 23.3 Å². The number of nitrogens with zero attached hydrogens (tertiary/aromatic N) is 2. The van der Waals surface area contributed by atoms with Crippen LogP contribution in [-0.4, -0.2) is 47.4 Å². The highest BCUT2D eigenvalue weighted by molar-refractivity contribution is 7.10. The average Bonchev–Trinajstić information content (AvgIpc) is 3.35. The van der Waals surface area contributed by atoms with E-state index < -0.39 is 0 Å². The van der Waals surface area contributed by atoms with Crippen molar-refractivity contribution in [1.29, 1.82) is 0 Å². The van der Waals surface area contributed by atoms with Crippen LogP contribution < -0.4 is 4.74 Å². The van der Waals surface area contributed by atoms with Crippen LogP contribution in [0.15, 0.2) is 60.0 Å². The average molecular weight is 505 g/mol. The number of amides is 2. The summed E-state index contributed by atoms with van der Waals surface area (Å²) in [6.45, 7) is 11.3. The van der Waals surface area contributed by atoms with Crippen LogP contribution in [0.25, 0.3) is 0 Å². The highest BCUT2D eigenvalue weighted by Crippen LogP contribution is 2.34. The Labute approximate surface area is 218 Å². The Morgan fingerprint density at radius 3 is 2.36 bits per heavy atom. The third kappa shape index (κ3) is 5.81. The van der Waals surface area contributed by atoms with Gasteiger partial charge in [0.2, 0.25) is 5.91 Å². The Bertz CT molecular complexity index is 1180. The van der Waals surface area contributed by atoms with Gasteiger partial charge in [-0.1, -0.05) is 43.7 Å². The molecule has 6 heteroatoms. The second-order valence-corrected chi connectivity index (χ2v) is 11.1. The molecule has 3 aromatic rings. The smallest absolute Gasteiger partial charge is 0.254 e. The molecule has 1 atom stereocenters. The second-order valence-electron chi connectivity index (χ2n) is 10.1. The van der Waals surface area contributed by atoms with Crippen molar-refractivity contribution in [3.05, 3.63) is 87.1 Å². The molecule has 0 spiro atoms. The Kier molecular flexibility index (Phi) is 8.14. The van der Waals surface area contributed by atoms with Crippen LogP contribution in [0, 0.1) is 6.92 Å². The molecule has 1 aliphatic rings. The molecular weight excluding hydrogens is 468 g/mol. The molecule has 5 nitrogen and oxygen atoms in total. The van der Waals surface area contributed by atoms with Gasteiger partial charge in [-0.25, -0.2) is 0 Å². The van der Waals surface area contributed by atoms with Crippen LogP contribution in [0.4, 0.5) is 0 Å². The van der Waals surface area contributed by atoms with Crippen LogP contribution in [0.1, 0.15) is 71.6 Å². The molecule has 0 saturated heterocycles. The van der Waals surface area contributed by atoms with Crippen LogP contribution >= 0.6 is 11.3 Å². The van der Waals surface area contributed by atoms with Gasteiger partial charge in [0, 0.05) is 23.0 Å². The number of benzene rings is 2. The lowest BCUT2D eigenvalue weighted by Gasteiger charge is -2.37. The topological polar surface area (TPSA) is 49.9 Å². The van der Waals surface area contributed by atoms with E-state index in [-0.39, 0.29) is 30.4 Å². The number of hydrogen-bond donors (Lipinski definition) is 0. The number of aryl methyl sites for hydroxylation is 1. The van der Waals surface area contributed by atoms with Gasteiger partial charge in [-0.2, -0.15) is 0 Å². The SMILES string of the molecule is Cc1ccc(C(=O)N(CC(=O)N2CCc3sccc3[C@H]2COc2ccc(C(C)C)cc2)C(C)C)cc1. The minimum atomic E-state index is -0.180. The summed E-state index contributed by atoms with van der Waals surface area (Å²) < 4.78 is 6.20. The molecule has 190 valence electrons. The Balaban J connectivity index is 1.51. The van der Waals surface area contributed by atoms with Crippen molar-refractivity contribution < 1.29 is 14.3 Å². The molecule has 0 aliphatic carbocycles. The highest BCUT2D eigenvalue weighted by Gasteiger charge is 2.34. The number of hydrogen-bond acceptors (Lipinski definition) is 4. The number of thiophene rings is 1. The predicted molar refractivity (Wildman–Crippen MR) is 146 cm³/mol. The first-order valence-corrected chi connectivity index (χ1v) is 13.6. The largest absolute Gasteiger partial charge is 0.491 e. The van der Waals surface area contributed by atoms with Crippen molar-refractivity contribution in [2.75, 3.05) is 19.7 Å². The molecule has 2 aromatic carbocycles. The first-order valence-electron chi connectivity index (χ1n) is 12.7. The summed E-state index contributed by atoms with van der Waals surface area (Å²) >= 11 is 1.73. The molecular formula is C30H36N2O3S. The predicted octanol–water partition coefficient (Wildman–Crippen LogP) is 6.24. The van der Waals surface area contributed by atoms with E-state index in [4.69, 9.17) is 4.74 Å². The van der Waals surface area contributed by atoms with E-state index in [1.807, 2.05) is 62.1 Å². The van der Waals surface area contributed by atoms with E-state index >= 15 is 0 Å². The van der Waals surface area contributed by atoms with Gasteiger partial charge in [-0.15, -0.1) is 11.3 Å². The number of rotatable bonds is 8. The summed E-state index contributed by atoms with van der Waals surface area (Å²) in [5.41, 5.74) is 4.12. The maximum Gasteiger partial charge on any atom is 0.254 e. The van der Waals surface area contributed by atoms with Gasteiger partial charge in [0.15, 0.2) is 0 Å². The number of carbonyl (C=O) groups excluding carboxylic acids is 2. The summed E-state index contributed by atoms with van der Waals surface area (Å²) in [5, 5.41) is 2.09. The van der Waals surface area contributed by atoms with Crippen LogP contribution in [0.5, 0.6) is 5.75 Å². The van der Waals surface area contributed by atoms with Gasteiger partial charge in [-0.05, 0) is 79.9 Å². The van der Waals surface area contributed by atoms with E-state index in [1.54, 1.807) is 16.2 Å². The molecule has 0 N–H and O–H groups in total. The molecule has 0 unspecified atom stereocenters. The summed E-state index contributed by atoms with van der Waals surface area (Å²) in [7, 11) is 0. The van der Waals surface area contributed by atoms with Crippen molar-refractivity contribution in [2.24, 2.45) is 0 Å². The number of carbonyl (C=O) groups is 2. The van der Waals surface area contributed by atoms with Crippen molar-refractivity contribution in [1.82, 2.24) is 9.80 Å². The molecule has 0 fully saturated rings. The molecule has 1 aromatic heterocycles. The summed E-state index contributed by atoms with van der Waals surface area (Å²) in [6, 6.07) is 17.5. The van der Waals surface area contributed by atoms with Crippen molar-refractivity contribution in [3.8, 4) is 5.75 Å². The normalized spacial score (nSPS) is 15.2. The van der Waals surface area contributed by atoms with Crippen molar-refractivity contribution >= 4 is 23.2 Å². The van der Waals surface area contributed by atoms with Gasteiger partial charge in [0.05, 0.1) is 6.04 Å². The maximum atomic E-state index is 13.7. The lowest BCUT2D eigenvalue weighted by atomic mass is 10.00. The molecule has 0 radical (unpaired) electrons. The molecule has 36 heavy (non-hydrogen) atoms. The van der Waals surface area contributed by atoms with Crippen molar-refractivity contribution in [2.45, 2.75) is 59.0 Å². The van der Waals surface area contributed by atoms with Gasteiger partial charge < -0.3 is 14.5 Å². The van der Waals surface area contributed by atoms with Crippen molar-refractivity contribution in [3.63, 3.8) is 0 Å². The minimum absolute atomic E-state index is 0.0451. The zero-order valence-corrected chi connectivity index (χ0v) is 22.7. The van der Waals surface area contributed by atoms with Crippen LogP contribution in [-0.2, 0) is 11.2 Å². The minimum Gasteiger partial charge on any atom is -0.491 e. The molecule has 1 aliphatic heterocycles. The fraction of sp³-hybridized carbons (Fsp3) is 0.400. The molecule has 2 amide bonds. The van der Waals surface area contributed by atoms with Gasteiger partial charge in [0.25, 0.3) is 5.91 Å². The molecule has 4 rings (SSSR count). The zero-order chi connectivity index (χ0) is 25.8. The zero-order valence-electron chi connectivity index (χ0n) is 21.9. The molecule has 0 bridgehead atoms. The summed E-state index contributed by atoms with van der Waals surface area (Å²) in [5.74, 6) is 1.09. The fourth-order valence-corrected chi connectivity index (χ4v) is 5.51. The number of ether oxygens (including phenoxy) is 1. The first kappa shape index (κ1) is 26.0. The monoisotopic (exact) mass is 504 g/mol.